The number of hydrogen-bond donors (Lipinski definition) is 6. The van der Waals surface area contributed by atoms with Crippen LogP contribution in [0.4, 0.5) is 15.3 Å². The van der Waals surface area contributed by atoms with E-state index in [4.69, 9.17) is 20.3 Å². The number of nitrogens with one attached hydrogen (secondary N) is 4. The van der Waals surface area contributed by atoms with Crippen molar-refractivity contribution in [1.82, 2.24) is 21.3 Å². The fourth-order valence-corrected chi connectivity index (χ4v) is 4.18. The summed E-state index contributed by atoms with van der Waals surface area (Å²) in [5, 5.41) is 18.4. The first-order valence-electron chi connectivity index (χ1n) is 12.8. The second-order valence-electron chi connectivity index (χ2n) is 9.18. The lowest BCUT2D eigenvalue weighted by atomic mass is 9.92. The Kier molecular flexibility index (Phi) is 10.8. The molecule has 210 valence electrons. The second-order valence-corrected chi connectivity index (χ2v) is 9.18. The fourth-order valence-electron chi connectivity index (χ4n) is 4.18. The van der Waals surface area contributed by atoms with Gasteiger partial charge in [0.25, 0.3) is 0 Å². The van der Waals surface area contributed by atoms with Gasteiger partial charge in [0.2, 0.25) is 18.6 Å². The van der Waals surface area contributed by atoms with Gasteiger partial charge in [0.1, 0.15) is 6.04 Å². The highest BCUT2D eigenvalue weighted by atomic mass is 16.7. The van der Waals surface area contributed by atoms with Gasteiger partial charge in [-0.2, -0.15) is 0 Å². The molecule has 0 saturated carbocycles. The third-order valence-electron chi connectivity index (χ3n) is 6.32. The maximum absolute atomic E-state index is 13.0. The molecule has 12 heteroatoms. The summed E-state index contributed by atoms with van der Waals surface area (Å²) < 4.78 is 10.8. The number of nitrogen functional groups attached to an aromatic ring is 1. The van der Waals surface area contributed by atoms with Crippen molar-refractivity contribution >= 4 is 29.6 Å². The molecule has 5 amide bonds. The van der Waals surface area contributed by atoms with E-state index in [1.54, 1.807) is 17.4 Å². The van der Waals surface area contributed by atoms with E-state index in [-0.39, 0.29) is 44.0 Å². The number of benzene rings is 2. The average Bonchev–Trinajstić information content (AvgIpc) is 3.38. The minimum atomic E-state index is -1.45. The SMILES string of the molecule is CC[C@@H](CC(=O)N[C@@H](CCCCNC(=O)NC(=O)O)C(=O)NCc1ccc(N)cc1)c1ccc2c(c1)OCO2. The van der Waals surface area contributed by atoms with Crippen molar-refractivity contribution < 1.29 is 33.8 Å². The first-order chi connectivity index (χ1) is 18.7. The fraction of sp³-hybridized carbons (Fsp3) is 0.407. The van der Waals surface area contributed by atoms with Gasteiger partial charge in [-0.15, -0.1) is 0 Å². The van der Waals surface area contributed by atoms with Crippen LogP contribution in [-0.4, -0.2) is 48.4 Å². The van der Waals surface area contributed by atoms with Crippen molar-refractivity contribution in [1.29, 1.82) is 0 Å². The van der Waals surface area contributed by atoms with Gasteiger partial charge in [-0.3, -0.25) is 9.59 Å². The van der Waals surface area contributed by atoms with Gasteiger partial charge in [0, 0.05) is 25.2 Å². The Balaban J connectivity index is 1.57. The number of rotatable bonds is 13. The van der Waals surface area contributed by atoms with Crippen LogP contribution in [0.2, 0.25) is 0 Å². The maximum Gasteiger partial charge on any atom is 0.412 e. The van der Waals surface area contributed by atoms with Crippen LogP contribution in [0.3, 0.4) is 0 Å². The van der Waals surface area contributed by atoms with Gasteiger partial charge in [-0.25, -0.2) is 14.9 Å². The minimum absolute atomic E-state index is 0.0741. The highest BCUT2D eigenvalue weighted by molar-refractivity contribution is 5.89. The Labute approximate surface area is 226 Å². The van der Waals surface area contributed by atoms with Crippen LogP contribution in [0.25, 0.3) is 0 Å². The molecule has 0 unspecified atom stereocenters. The Morgan fingerprint density at radius 3 is 2.46 bits per heavy atom. The third kappa shape index (κ3) is 9.40. The van der Waals surface area contributed by atoms with E-state index in [1.807, 2.05) is 37.3 Å². The summed E-state index contributed by atoms with van der Waals surface area (Å²) in [7, 11) is 0. The summed E-state index contributed by atoms with van der Waals surface area (Å²) in [4.78, 5) is 48.0. The third-order valence-corrected chi connectivity index (χ3v) is 6.32. The molecule has 0 aliphatic carbocycles. The molecule has 12 nitrogen and oxygen atoms in total. The Bertz CT molecular complexity index is 1160. The normalized spacial score (nSPS) is 13.2. The zero-order valence-electron chi connectivity index (χ0n) is 21.8. The average molecular weight is 542 g/mol. The van der Waals surface area contributed by atoms with E-state index in [2.05, 4.69) is 16.0 Å². The van der Waals surface area contributed by atoms with Crippen LogP contribution in [0.1, 0.15) is 56.1 Å². The van der Waals surface area contributed by atoms with Crippen molar-refractivity contribution in [2.75, 3.05) is 19.1 Å². The molecule has 39 heavy (non-hydrogen) atoms. The summed E-state index contributed by atoms with van der Waals surface area (Å²) in [5.41, 5.74) is 8.16. The summed E-state index contributed by atoms with van der Waals surface area (Å²) in [6.07, 6.45) is 0.786. The van der Waals surface area contributed by atoms with E-state index < -0.39 is 18.2 Å². The molecule has 0 aromatic heterocycles. The highest BCUT2D eigenvalue weighted by Gasteiger charge is 2.24. The topological polar surface area (TPSA) is 181 Å². The summed E-state index contributed by atoms with van der Waals surface area (Å²) in [6.45, 7) is 2.65. The molecule has 1 aliphatic heterocycles. The smallest absolute Gasteiger partial charge is 0.412 e. The quantitative estimate of drug-likeness (QED) is 0.165. The van der Waals surface area contributed by atoms with E-state index in [1.165, 1.54) is 0 Å². The number of fused-ring (bicyclic) bond motifs is 1. The molecule has 7 N–H and O–H groups in total. The van der Waals surface area contributed by atoms with E-state index in [9.17, 15) is 19.2 Å². The molecule has 0 saturated heterocycles. The number of carbonyl (C=O) groups excluding carboxylic acids is 3. The van der Waals surface area contributed by atoms with Crippen molar-refractivity contribution in [2.24, 2.45) is 0 Å². The molecular weight excluding hydrogens is 506 g/mol. The molecule has 0 radical (unpaired) electrons. The lowest BCUT2D eigenvalue weighted by Gasteiger charge is -2.21. The largest absolute Gasteiger partial charge is 0.465 e. The molecule has 2 atom stereocenters. The lowest BCUT2D eigenvalue weighted by molar-refractivity contribution is -0.129. The van der Waals surface area contributed by atoms with Gasteiger partial charge in [-0.05, 0) is 67.0 Å². The molecule has 1 aliphatic rings. The standard InChI is InChI=1S/C27H35N5O7/c1-2-18(19-8-11-22-23(13-19)39-16-38-22)14-24(33)31-21(5-3-4-12-29-26(35)32-27(36)37)25(34)30-15-17-6-9-20(28)10-7-17/h6-11,13,18,21H,2-5,12,14-16,28H2,1H3,(H,30,34)(H,31,33)(H,36,37)(H2,29,32,35)/t18-,21-/m0/s1. The number of urea groups is 1. The number of carbonyl (C=O) groups is 4. The number of amides is 5. The number of nitrogens with two attached hydrogens (primary N) is 1. The van der Waals surface area contributed by atoms with Crippen LogP contribution in [-0.2, 0) is 16.1 Å². The van der Waals surface area contributed by atoms with Gasteiger partial charge in [-0.1, -0.05) is 25.1 Å². The van der Waals surface area contributed by atoms with Crippen molar-refractivity contribution in [3.8, 4) is 11.5 Å². The molecular formula is C27H35N5O7. The summed E-state index contributed by atoms with van der Waals surface area (Å²) >= 11 is 0. The lowest BCUT2D eigenvalue weighted by Crippen LogP contribution is -2.46. The van der Waals surface area contributed by atoms with Crippen molar-refractivity contribution in [3.05, 3.63) is 53.6 Å². The minimum Gasteiger partial charge on any atom is -0.465 e. The van der Waals surface area contributed by atoms with E-state index >= 15 is 0 Å². The zero-order chi connectivity index (χ0) is 28.2. The number of anilines is 1. The van der Waals surface area contributed by atoms with Crippen LogP contribution in [0.15, 0.2) is 42.5 Å². The molecule has 0 bridgehead atoms. The Morgan fingerprint density at radius 2 is 1.74 bits per heavy atom. The van der Waals surface area contributed by atoms with E-state index in [0.29, 0.717) is 42.9 Å². The highest BCUT2D eigenvalue weighted by Crippen LogP contribution is 2.36. The number of hydrogen-bond acceptors (Lipinski definition) is 7. The van der Waals surface area contributed by atoms with Crippen molar-refractivity contribution in [3.63, 3.8) is 0 Å². The summed E-state index contributed by atoms with van der Waals surface area (Å²) in [6, 6.07) is 11.1. The Hall–Kier alpha value is -4.48. The second kappa shape index (κ2) is 14.5. The van der Waals surface area contributed by atoms with Crippen LogP contribution in [0, 0.1) is 0 Å². The van der Waals surface area contributed by atoms with Gasteiger partial charge in [0.05, 0.1) is 0 Å². The predicted octanol–water partition coefficient (Wildman–Crippen LogP) is 2.83. The van der Waals surface area contributed by atoms with Gasteiger partial charge >= 0.3 is 12.1 Å². The molecule has 0 fully saturated rings. The van der Waals surface area contributed by atoms with Crippen LogP contribution < -0.4 is 36.5 Å². The molecule has 0 spiro atoms. The summed E-state index contributed by atoms with van der Waals surface area (Å²) in [5.74, 6) is 0.664. The first kappa shape index (κ1) is 29.1. The first-order valence-corrected chi connectivity index (χ1v) is 12.8. The number of ether oxygens (including phenoxy) is 2. The number of unbranched alkanes of at least 4 members (excludes halogenated alkanes) is 1. The maximum atomic E-state index is 13.0. The van der Waals surface area contributed by atoms with Gasteiger partial charge in [0.15, 0.2) is 11.5 Å². The van der Waals surface area contributed by atoms with Gasteiger partial charge < -0.3 is 36.3 Å². The molecule has 3 rings (SSSR count). The monoisotopic (exact) mass is 541 g/mol. The molecule has 1 heterocycles. The molecule has 2 aromatic carbocycles. The zero-order valence-corrected chi connectivity index (χ0v) is 21.8. The molecule has 2 aromatic rings. The van der Waals surface area contributed by atoms with Crippen molar-refractivity contribution in [2.45, 2.75) is 57.5 Å². The Morgan fingerprint density at radius 1 is 1.00 bits per heavy atom. The number of carboxylic acid groups (broad SMARTS) is 1. The predicted molar refractivity (Wildman–Crippen MR) is 143 cm³/mol. The van der Waals surface area contributed by atoms with E-state index in [0.717, 1.165) is 11.1 Å². The number of imide groups is 1. The van der Waals surface area contributed by atoms with Crippen LogP contribution >= 0.6 is 0 Å². The van der Waals surface area contributed by atoms with Crippen LogP contribution in [0.5, 0.6) is 11.5 Å².